The van der Waals surface area contributed by atoms with Crippen molar-refractivity contribution >= 4 is 28.8 Å². The summed E-state index contributed by atoms with van der Waals surface area (Å²) in [6.45, 7) is 4.28. The van der Waals surface area contributed by atoms with Crippen molar-refractivity contribution in [3.05, 3.63) is 83.4 Å². The highest BCUT2D eigenvalue weighted by molar-refractivity contribution is 5.97. The number of carbonyl (C=O) groups is 2. The van der Waals surface area contributed by atoms with E-state index in [1.807, 2.05) is 37.4 Å². The molecule has 4 rings (SSSR count). The Hall–Kier alpha value is -4.39. The Balaban J connectivity index is 1.68. The summed E-state index contributed by atoms with van der Waals surface area (Å²) in [6.07, 6.45) is 0.621. The lowest BCUT2D eigenvalue weighted by Gasteiger charge is -2.26. The number of hydrogen-bond donors (Lipinski definition) is 1. The zero-order valence-electron chi connectivity index (χ0n) is 20.7. The SMILES string of the molecule is COc1ccc(COC(=O)c2ccc3nc(-c4ccc(O)c(C=O)c4)c(N(C)C(C)C)cc3c2)cc1. The maximum absolute atomic E-state index is 12.8. The number of rotatable bonds is 8. The van der Waals surface area contributed by atoms with Crippen molar-refractivity contribution in [1.82, 2.24) is 4.98 Å². The van der Waals surface area contributed by atoms with E-state index in [9.17, 15) is 14.7 Å². The summed E-state index contributed by atoms with van der Waals surface area (Å²) in [5, 5.41) is 10.7. The third-order valence-corrected chi connectivity index (χ3v) is 6.14. The highest BCUT2D eigenvalue weighted by Crippen LogP contribution is 2.35. The number of aromatic nitrogens is 1. The number of aromatic hydroxyl groups is 1. The van der Waals surface area contributed by atoms with Crippen LogP contribution in [0.15, 0.2) is 66.7 Å². The first-order valence-corrected chi connectivity index (χ1v) is 11.6. The van der Waals surface area contributed by atoms with Gasteiger partial charge in [-0.25, -0.2) is 9.78 Å². The minimum atomic E-state index is -0.426. The number of anilines is 1. The number of phenolic OH excluding ortho intramolecular Hbond substituents is 1. The lowest BCUT2D eigenvalue weighted by molar-refractivity contribution is 0.0473. The van der Waals surface area contributed by atoms with Crippen LogP contribution in [0.4, 0.5) is 5.69 Å². The van der Waals surface area contributed by atoms with Gasteiger partial charge in [0.05, 0.1) is 35.1 Å². The number of hydrogen-bond acceptors (Lipinski definition) is 7. The van der Waals surface area contributed by atoms with Gasteiger partial charge in [0.2, 0.25) is 0 Å². The van der Waals surface area contributed by atoms with Crippen molar-refractivity contribution < 1.29 is 24.2 Å². The van der Waals surface area contributed by atoms with E-state index in [0.29, 0.717) is 28.6 Å². The Labute approximate surface area is 209 Å². The number of methoxy groups -OCH3 is 1. The Morgan fingerprint density at radius 3 is 2.47 bits per heavy atom. The molecule has 7 nitrogen and oxygen atoms in total. The quantitative estimate of drug-likeness (QED) is 0.256. The summed E-state index contributed by atoms with van der Waals surface area (Å²) < 4.78 is 10.7. The minimum absolute atomic E-state index is 0.0777. The molecule has 1 N–H and O–H groups in total. The standard InChI is InChI=1S/C29H28N2O5/c1-18(2)31(3)26-15-22-14-21(29(34)36-17-19-5-9-24(35-4)10-6-19)7-11-25(22)30-28(26)20-8-12-27(33)23(13-20)16-32/h5-16,18,33H,17H2,1-4H3. The number of esters is 1. The van der Waals surface area contributed by atoms with Crippen LogP contribution < -0.4 is 9.64 Å². The second-order valence-electron chi connectivity index (χ2n) is 8.78. The third kappa shape index (κ3) is 5.15. The van der Waals surface area contributed by atoms with Crippen molar-refractivity contribution in [2.75, 3.05) is 19.1 Å². The molecule has 0 aliphatic rings. The molecule has 7 heteroatoms. The molecule has 0 radical (unpaired) electrons. The fourth-order valence-electron chi connectivity index (χ4n) is 3.80. The Bertz CT molecular complexity index is 1410. The van der Waals surface area contributed by atoms with E-state index in [2.05, 4.69) is 18.7 Å². The van der Waals surface area contributed by atoms with Gasteiger partial charge in [-0.3, -0.25) is 4.79 Å². The topological polar surface area (TPSA) is 89.0 Å². The van der Waals surface area contributed by atoms with Crippen LogP contribution in [0.25, 0.3) is 22.2 Å². The van der Waals surface area contributed by atoms with Gasteiger partial charge in [-0.15, -0.1) is 0 Å². The number of phenols is 1. The van der Waals surface area contributed by atoms with E-state index in [1.54, 1.807) is 37.4 Å². The van der Waals surface area contributed by atoms with Crippen LogP contribution in [-0.2, 0) is 11.3 Å². The van der Waals surface area contributed by atoms with E-state index in [1.165, 1.54) is 6.07 Å². The van der Waals surface area contributed by atoms with Gasteiger partial charge in [0, 0.05) is 24.0 Å². The van der Waals surface area contributed by atoms with E-state index in [4.69, 9.17) is 14.5 Å². The first-order valence-electron chi connectivity index (χ1n) is 11.6. The van der Waals surface area contributed by atoms with E-state index in [0.717, 1.165) is 22.4 Å². The first kappa shape index (κ1) is 24.7. The summed E-state index contributed by atoms with van der Waals surface area (Å²) in [5.41, 5.74) is 4.40. The molecule has 0 amide bonds. The fraction of sp³-hybridized carbons (Fsp3) is 0.207. The second kappa shape index (κ2) is 10.5. The number of benzene rings is 3. The smallest absolute Gasteiger partial charge is 0.338 e. The Morgan fingerprint density at radius 1 is 1.06 bits per heavy atom. The first-order chi connectivity index (χ1) is 17.3. The molecule has 0 saturated carbocycles. The number of ether oxygens (including phenoxy) is 2. The van der Waals surface area contributed by atoms with Crippen LogP contribution in [0.5, 0.6) is 11.5 Å². The van der Waals surface area contributed by atoms with Crippen LogP contribution >= 0.6 is 0 Å². The molecule has 0 unspecified atom stereocenters. The number of carbonyl (C=O) groups excluding carboxylic acids is 2. The monoisotopic (exact) mass is 484 g/mol. The summed E-state index contributed by atoms with van der Waals surface area (Å²) >= 11 is 0. The van der Waals surface area contributed by atoms with Crippen molar-refractivity contribution in [2.24, 2.45) is 0 Å². The lowest BCUT2D eigenvalue weighted by atomic mass is 10.0. The molecule has 3 aromatic carbocycles. The normalized spacial score (nSPS) is 10.9. The molecular formula is C29H28N2O5. The van der Waals surface area contributed by atoms with E-state index < -0.39 is 5.97 Å². The van der Waals surface area contributed by atoms with Crippen molar-refractivity contribution in [1.29, 1.82) is 0 Å². The average molecular weight is 485 g/mol. The van der Waals surface area contributed by atoms with Gasteiger partial charge in [-0.1, -0.05) is 12.1 Å². The Morgan fingerprint density at radius 2 is 1.81 bits per heavy atom. The molecule has 0 atom stereocenters. The van der Waals surface area contributed by atoms with Crippen molar-refractivity contribution in [3.63, 3.8) is 0 Å². The molecule has 1 heterocycles. The van der Waals surface area contributed by atoms with Gasteiger partial charge < -0.3 is 19.5 Å². The molecule has 1 aromatic heterocycles. The fourth-order valence-corrected chi connectivity index (χ4v) is 3.80. The maximum atomic E-state index is 12.8. The Kier molecular flexibility index (Phi) is 7.20. The van der Waals surface area contributed by atoms with Crippen molar-refractivity contribution in [3.8, 4) is 22.8 Å². The van der Waals surface area contributed by atoms with Gasteiger partial charge in [0.1, 0.15) is 18.1 Å². The summed E-state index contributed by atoms with van der Waals surface area (Å²) in [7, 11) is 3.56. The summed E-state index contributed by atoms with van der Waals surface area (Å²) in [6, 6.07) is 19.6. The summed E-state index contributed by atoms with van der Waals surface area (Å²) in [4.78, 5) is 31.1. The largest absolute Gasteiger partial charge is 0.507 e. The third-order valence-electron chi connectivity index (χ3n) is 6.14. The molecule has 0 aliphatic heterocycles. The molecule has 36 heavy (non-hydrogen) atoms. The zero-order chi connectivity index (χ0) is 25.8. The maximum Gasteiger partial charge on any atom is 0.338 e. The highest BCUT2D eigenvalue weighted by Gasteiger charge is 2.18. The summed E-state index contributed by atoms with van der Waals surface area (Å²) in [5.74, 6) is 0.235. The van der Waals surface area contributed by atoms with Crippen molar-refractivity contribution in [2.45, 2.75) is 26.5 Å². The molecule has 0 fully saturated rings. The van der Waals surface area contributed by atoms with Crippen LogP contribution in [0.1, 0.15) is 40.1 Å². The van der Waals surface area contributed by atoms with Gasteiger partial charge >= 0.3 is 5.97 Å². The molecule has 0 bridgehead atoms. The van der Waals surface area contributed by atoms with Crippen LogP contribution in [0.2, 0.25) is 0 Å². The molecule has 4 aromatic rings. The van der Waals surface area contributed by atoms with Gasteiger partial charge in [-0.2, -0.15) is 0 Å². The zero-order valence-corrected chi connectivity index (χ0v) is 20.7. The highest BCUT2D eigenvalue weighted by atomic mass is 16.5. The van der Waals surface area contributed by atoms with Crippen LogP contribution in [0, 0.1) is 0 Å². The predicted molar refractivity (Wildman–Crippen MR) is 140 cm³/mol. The second-order valence-corrected chi connectivity index (χ2v) is 8.78. The predicted octanol–water partition coefficient (Wildman–Crippen LogP) is 5.63. The number of pyridine rings is 1. The van der Waals surface area contributed by atoms with Gasteiger partial charge in [0.15, 0.2) is 6.29 Å². The lowest BCUT2D eigenvalue weighted by Crippen LogP contribution is -2.26. The van der Waals surface area contributed by atoms with Gasteiger partial charge in [0.25, 0.3) is 0 Å². The molecule has 0 aliphatic carbocycles. The van der Waals surface area contributed by atoms with E-state index in [-0.39, 0.29) is 24.0 Å². The van der Waals surface area contributed by atoms with Crippen LogP contribution in [0.3, 0.4) is 0 Å². The van der Waals surface area contributed by atoms with Crippen LogP contribution in [-0.4, -0.2) is 42.5 Å². The molecule has 0 saturated heterocycles. The molecule has 0 spiro atoms. The molecule has 184 valence electrons. The number of fused-ring (bicyclic) bond motifs is 1. The van der Waals surface area contributed by atoms with E-state index >= 15 is 0 Å². The average Bonchev–Trinajstić information content (AvgIpc) is 2.90. The number of nitrogens with zero attached hydrogens (tertiary/aromatic N) is 2. The number of aldehydes is 1. The molecular weight excluding hydrogens is 456 g/mol. The minimum Gasteiger partial charge on any atom is -0.507 e. The van der Waals surface area contributed by atoms with Gasteiger partial charge in [-0.05, 0) is 74.0 Å².